The highest BCUT2D eigenvalue weighted by Gasteiger charge is 2.18. The van der Waals surface area contributed by atoms with E-state index in [1.165, 1.54) is 0 Å². The van der Waals surface area contributed by atoms with E-state index in [0.717, 1.165) is 26.2 Å². The minimum Gasteiger partial charge on any atom is -0.380 e. The summed E-state index contributed by atoms with van der Waals surface area (Å²) < 4.78 is 0. The van der Waals surface area contributed by atoms with Crippen LogP contribution in [0.1, 0.15) is 26.3 Å². The normalized spacial score (nSPS) is 11.2. The van der Waals surface area contributed by atoms with Gasteiger partial charge >= 0.3 is 0 Å². The van der Waals surface area contributed by atoms with E-state index in [9.17, 15) is 9.59 Å². The maximum atomic E-state index is 11.3. The second kappa shape index (κ2) is 5.80. The average Bonchev–Trinajstić information content (AvgIpc) is 2.32. The molecule has 1 N–H and O–H groups in total. The van der Waals surface area contributed by atoms with Crippen molar-refractivity contribution in [3.05, 3.63) is 26.0 Å². The standard InChI is InChI=1S/C12H20N2O2/c1-4-9-10(12(16)11(9)15)13-7-8-14(5-2)6-3/h13H,4-8H2,1-3H3. The van der Waals surface area contributed by atoms with E-state index in [-0.39, 0.29) is 10.9 Å². The van der Waals surface area contributed by atoms with Crippen molar-refractivity contribution >= 4 is 5.69 Å². The minimum atomic E-state index is -0.351. The Morgan fingerprint density at radius 3 is 2.19 bits per heavy atom. The first-order valence-electron chi connectivity index (χ1n) is 5.94. The fraction of sp³-hybridized carbons (Fsp3) is 0.667. The van der Waals surface area contributed by atoms with Crippen molar-refractivity contribution < 1.29 is 0 Å². The molecule has 0 atom stereocenters. The van der Waals surface area contributed by atoms with Crippen LogP contribution in [0.2, 0.25) is 0 Å². The molecular weight excluding hydrogens is 204 g/mol. The number of nitrogens with zero attached hydrogens (tertiary/aromatic N) is 1. The number of anilines is 1. The molecule has 0 saturated heterocycles. The molecular formula is C12H20N2O2. The van der Waals surface area contributed by atoms with Gasteiger partial charge in [0.25, 0.3) is 0 Å². The molecule has 0 heterocycles. The zero-order chi connectivity index (χ0) is 12.1. The average molecular weight is 224 g/mol. The predicted octanol–water partition coefficient (Wildman–Crippen LogP) is 0.599. The second-order valence-electron chi connectivity index (χ2n) is 3.82. The lowest BCUT2D eigenvalue weighted by Crippen LogP contribution is -2.39. The van der Waals surface area contributed by atoms with Gasteiger partial charge in [-0.2, -0.15) is 0 Å². The molecule has 0 spiro atoms. The van der Waals surface area contributed by atoms with Crippen molar-refractivity contribution in [1.29, 1.82) is 0 Å². The van der Waals surface area contributed by atoms with Crippen LogP contribution < -0.4 is 16.2 Å². The highest BCUT2D eigenvalue weighted by Crippen LogP contribution is 2.07. The molecule has 0 radical (unpaired) electrons. The molecule has 90 valence electrons. The topological polar surface area (TPSA) is 49.4 Å². The van der Waals surface area contributed by atoms with Crippen LogP contribution in [0.3, 0.4) is 0 Å². The van der Waals surface area contributed by atoms with Crippen LogP contribution in [0, 0.1) is 0 Å². The van der Waals surface area contributed by atoms with Gasteiger partial charge in [-0.1, -0.05) is 20.8 Å². The molecule has 1 aromatic rings. The summed E-state index contributed by atoms with van der Waals surface area (Å²) in [5.41, 5.74) is 0.536. The molecule has 0 amide bonds. The van der Waals surface area contributed by atoms with Gasteiger partial charge in [0.2, 0.25) is 10.9 Å². The van der Waals surface area contributed by atoms with Gasteiger partial charge in [0.15, 0.2) is 0 Å². The van der Waals surface area contributed by atoms with Gasteiger partial charge in [-0.3, -0.25) is 9.59 Å². The number of likely N-dealkylation sites (N-methyl/N-ethyl adjacent to an activating group) is 1. The SMILES string of the molecule is CCc1c(NCCN(CC)CC)c(=O)c1=O. The molecule has 0 fully saturated rings. The Kier molecular flexibility index (Phi) is 4.68. The minimum absolute atomic E-state index is 0.312. The highest BCUT2D eigenvalue weighted by molar-refractivity contribution is 5.56. The molecule has 0 aliphatic carbocycles. The summed E-state index contributed by atoms with van der Waals surface area (Å²) >= 11 is 0. The summed E-state index contributed by atoms with van der Waals surface area (Å²) in [6.45, 7) is 9.74. The number of hydrogen-bond acceptors (Lipinski definition) is 4. The van der Waals surface area contributed by atoms with Crippen LogP contribution in [-0.4, -0.2) is 31.1 Å². The molecule has 4 nitrogen and oxygen atoms in total. The summed E-state index contributed by atoms with van der Waals surface area (Å²) in [6, 6.07) is 0. The van der Waals surface area contributed by atoms with E-state index >= 15 is 0 Å². The summed E-state index contributed by atoms with van der Waals surface area (Å²) in [5, 5.41) is 3.07. The summed E-state index contributed by atoms with van der Waals surface area (Å²) in [5.74, 6) is 0. The van der Waals surface area contributed by atoms with Gasteiger partial charge in [0, 0.05) is 18.7 Å². The second-order valence-corrected chi connectivity index (χ2v) is 3.82. The van der Waals surface area contributed by atoms with Crippen molar-refractivity contribution in [1.82, 2.24) is 4.90 Å². The Labute approximate surface area is 96.0 Å². The lowest BCUT2D eigenvalue weighted by molar-refractivity contribution is 0.316. The summed E-state index contributed by atoms with van der Waals surface area (Å²) in [7, 11) is 0. The van der Waals surface area contributed by atoms with E-state index in [2.05, 4.69) is 24.1 Å². The zero-order valence-corrected chi connectivity index (χ0v) is 10.3. The fourth-order valence-corrected chi connectivity index (χ4v) is 1.84. The van der Waals surface area contributed by atoms with Crippen LogP contribution in [0.5, 0.6) is 0 Å². The first kappa shape index (κ1) is 12.9. The molecule has 1 aromatic carbocycles. The number of hydrogen-bond donors (Lipinski definition) is 1. The van der Waals surface area contributed by atoms with Crippen LogP contribution in [-0.2, 0) is 6.42 Å². The molecule has 16 heavy (non-hydrogen) atoms. The monoisotopic (exact) mass is 224 g/mol. The van der Waals surface area contributed by atoms with Crippen LogP contribution in [0.25, 0.3) is 0 Å². The van der Waals surface area contributed by atoms with Crippen molar-refractivity contribution in [2.75, 3.05) is 31.5 Å². The quantitative estimate of drug-likeness (QED) is 0.689. The fourth-order valence-electron chi connectivity index (χ4n) is 1.84. The van der Waals surface area contributed by atoms with E-state index in [0.29, 0.717) is 17.7 Å². The summed E-state index contributed by atoms with van der Waals surface area (Å²) in [4.78, 5) is 24.7. The highest BCUT2D eigenvalue weighted by atomic mass is 16.2. The molecule has 0 bridgehead atoms. The lowest BCUT2D eigenvalue weighted by atomic mass is 10.1. The van der Waals surface area contributed by atoms with Crippen molar-refractivity contribution in [2.24, 2.45) is 0 Å². The molecule has 0 aliphatic rings. The first-order chi connectivity index (χ1) is 7.65. The van der Waals surface area contributed by atoms with Gasteiger partial charge in [0.05, 0.1) is 5.69 Å². The van der Waals surface area contributed by atoms with Gasteiger partial charge in [0.1, 0.15) is 0 Å². The Hall–Kier alpha value is -1.16. The Bertz CT molecular complexity index is 401. The molecule has 0 aromatic heterocycles. The third-order valence-corrected chi connectivity index (χ3v) is 2.99. The van der Waals surface area contributed by atoms with Crippen molar-refractivity contribution in [2.45, 2.75) is 27.2 Å². The Balaban J connectivity index is 2.47. The Morgan fingerprint density at radius 2 is 1.69 bits per heavy atom. The summed E-state index contributed by atoms with van der Waals surface area (Å²) in [6.07, 6.45) is 0.637. The Morgan fingerprint density at radius 1 is 1.06 bits per heavy atom. The van der Waals surface area contributed by atoms with Crippen molar-refractivity contribution in [3.8, 4) is 0 Å². The third-order valence-electron chi connectivity index (χ3n) is 2.99. The third kappa shape index (κ3) is 2.50. The molecule has 4 heteroatoms. The maximum Gasteiger partial charge on any atom is 0.249 e. The van der Waals surface area contributed by atoms with Crippen LogP contribution in [0.15, 0.2) is 9.59 Å². The molecule has 0 saturated carbocycles. The number of rotatable bonds is 7. The maximum absolute atomic E-state index is 11.3. The van der Waals surface area contributed by atoms with E-state index in [1.54, 1.807) is 0 Å². The van der Waals surface area contributed by atoms with Crippen molar-refractivity contribution in [3.63, 3.8) is 0 Å². The molecule has 1 rings (SSSR count). The van der Waals surface area contributed by atoms with Gasteiger partial charge in [-0.05, 0) is 19.5 Å². The predicted molar refractivity (Wildman–Crippen MR) is 67.0 cm³/mol. The van der Waals surface area contributed by atoms with E-state index < -0.39 is 0 Å². The largest absolute Gasteiger partial charge is 0.380 e. The van der Waals surface area contributed by atoms with E-state index in [4.69, 9.17) is 0 Å². The van der Waals surface area contributed by atoms with E-state index in [1.807, 2.05) is 6.92 Å². The van der Waals surface area contributed by atoms with Crippen LogP contribution >= 0.6 is 0 Å². The smallest absolute Gasteiger partial charge is 0.249 e. The zero-order valence-electron chi connectivity index (χ0n) is 10.3. The number of nitrogens with one attached hydrogen (secondary N) is 1. The van der Waals surface area contributed by atoms with Gasteiger partial charge < -0.3 is 10.2 Å². The lowest BCUT2D eigenvalue weighted by Gasteiger charge is -2.19. The first-order valence-corrected chi connectivity index (χ1v) is 5.94. The molecule has 0 aliphatic heterocycles. The van der Waals surface area contributed by atoms with Gasteiger partial charge in [-0.15, -0.1) is 0 Å². The van der Waals surface area contributed by atoms with Gasteiger partial charge in [-0.25, -0.2) is 0 Å². The van der Waals surface area contributed by atoms with Crippen LogP contribution in [0.4, 0.5) is 5.69 Å². The molecule has 0 unspecified atom stereocenters.